The molecule has 23 heavy (non-hydrogen) atoms. The van der Waals surface area contributed by atoms with Crippen molar-refractivity contribution in [3.8, 4) is 5.75 Å². The molecule has 0 unspecified atom stereocenters. The number of hydrogen-bond acceptors (Lipinski definition) is 3. The zero-order valence-electron chi connectivity index (χ0n) is 13.8. The number of ketones is 1. The van der Waals surface area contributed by atoms with E-state index in [4.69, 9.17) is 4.74 Å². The predicted octanol–water partition coefficient (Wildman–Crippen LogP) is 4.16. The minimum absolute atomic E-state index is 0.0712. The summed E-state index contributed by atoms with van der Waals surface area (Å²) in [6, 6.07) is 15.3. The van der Waals surface area contributed by atoms with E-state index in [0.29, 0.717) is 5.56 Å². The van der Waals surface area contributed by atoms with Gasteiger partial charge in [0, 0.05) is 29.9 Å². The number of hydrogen-bond donors (Lipinski definition) is 0. The summed E-state index contributed by atoms with van der Waals surface area (Å²) in [5.41, 5.74) is 2.54. The van der Waals surface area contributed by atoms with Crippen LogP contribution in [0, 0.1) is 5.92 Å². The van der Waals surface area contributed by atoms with Gasteiger partial charge in [0.25, 0.3) is 0 Å². The van der Waals surface area contributed by atoms with E-state index >= 15 is 0 Å². The van der Waals surface area contributed by atoms with Gasteiger partial charge in [-0.15, -0.1) is 0 Å². The fourth-order valence-electron chi connectivity index (χ4n) is 3.09. The van der Waals surface area contributed by atoms with E-state index in [-0.39, 0.29) is 5.78 Å². The van der Waals surface area contributed by atoms with Crippen LogP contribution >= 0.6 is 0 Å². The molecule has 0 N–H and O–H groups in total. The molecule has 3 nitrogen and oxygen atoms in total. The number of piperidine rings is 1. The number of benzene rings is 2. The van der Waals surface area contributed by atoms with Gasteiger partial charge < -0.3 is 9.64 Å². The van der Waals surface area contributed by atoms with Crippen molar-refractivity contribution in [3.63, 3.8) is 0 Å². The molecule has 120 valence electrons. The highest BCUT2D eigenvalue weighted by atomic mass is 16.5. The standard InChI is InChI=1S/C20H23NO2/c1-15-11-13-21(14-12-15)19-6-4-3-5-18(19)20(22)16-7-9-17(23-2)10-8-16/h3-10,15H,11-14H2,1-2H3. The molecule has 0 atom stereocenters. The van der Waals surface area contributed by atoms with Crippen molar-refractivity contribution in [2.75, 3.05) is 25.1 Å². The fraction of sp³-hybridized carbons (Fsp3) is 0.350. The Kier molecular flexibility index (Phi) is 4.65. The Balaban J connectivity index is 1.88. The lowest BCUT2D eigenvalue weighted by atomic mass is 9.96. The molecular formula is C20H23NO2. The van der Waals surface area contributed by atoms with Crippen LogP contribution in [0.25, 0.3) is 0 Å². The van der Waals surface area contributed by atoms with E-state index in [1.54, 1.807) is 7.11 Å². The van der Waals surface area contributed by atoms with Crippen LogP contribution < -0.4 is 9.64 Å². The zero-order valence-corrected chi connectivity index (χ0v) is 13.8. The SMILES string of the molecule is COc1ccc(C(=O)c2ccccc2N2CCC(C)CC2)cc1. The molecule has 0 bridgehead atoms. The van der Waals surface area contributed by atoms with Gasteiger partial charge in [-0.25, -0.2) is 0 Å². The first-order chi connectivity index (χ1) is 11.2. The van der Waals surface area contributed by atoms with Crippen molar-refractivity contribution in [2.24, 2.45) is 5.92 Å². The zero-order chi connectivity index (χ0) is 16.2. The Morgan fingerprint density at radius 3 is 2.35 bits per heavy atom. The van der Waals surface area contributed by atoms with Crippen molar-refractivity contribution >= 4 is 11.5 Å². The van der Waals surface area contributed by atoms with Gasteiger partial charge in [0.05, 0.1) is 7.11 Å². The van der Waals surface area contributed by atoms with Gasteiger partial charge in [0.1, 0.15) is 5.75 Å². The molecule has 0 saturated carbocycles. The van der Waals surface area contributed by atoms with E-state index in [1.807, 2.05) is 42.5 Å². The molecule has 1 saturated heterocycles. The predicted molar refractivity (Wildman–Crippen MR) is 93.5 cm³/mol. The van der Waals surface area contributed by atoms with Crippen molar-refractivity contribution in [1.82, 2.24) is 0 Å². The molecule has 0 spiro atoms. The highest BCUT2D eigenvalue weighted by Gasteiger charge is 2.21. The second kappa shape index (κ2) is 6.86. The second-order valence-corrected chi connectivity index (χ2v) is 6.24. The van der Waals surface area contributed by atoms with E-state index in [9.17, 15) is 4.79 Å². The molecule has 1 heterocycles. The summed E-state index contributed by atoms with van der Waals surface area (Å²) in [4.78, 5) is 15.3. The van der Waals surface area contributed by atoms with E-state index in [2.05, 4.69) is 17.9 Å². The Morgan fingerprint density at radius 1 is 1.04 bits per heavy atom. The average molecular weight is 309 g/mol. The highest BCUT2D eigenvalue weighted by Crippen LogP contribution is 2.28. The summed E-state index contributed by atoms with van der Waals surface area (Å²) in [5, 5.41) is 0. The third-order valence-corrected chi connectivity index (χ3v) is 4.63. The van der Waals surface area contributed by atoms with Gasteiger partial charge in [-0.1, -0.05) is 19.1 Å². The summed E-state index contributed by atoms with van der Waals surface area (Å²) in [6.45, 7) is 4.34. The van der Waals surface area contributed by atoms with Crippen LogP contribution in [-0.4, -0.2) is 26.0 Å². The minimum Gasteiger partial charge on any atom is -0.497 e. The lowest BCUT2D eigenvalue weighted by molar-refractivity contribution is 0.103. The number of para-hydroxylation sites is 1. The summed E-state index contributed by atoms with van der Waals surface area (Å²) in [7, 11) is 1.63. The quantitative estimate of drug-likeness (QED) is 0.794. The van der Waals surface area contributed by atoms with Gasteiger partial charge in [0.2, 0.25) is 0 Å². The van der Waals surface area contributed by atoms with Crippen LogP contribution in [0.2, 0.25) is 0 Å². The van der Waals surface area contributed by atoms with Crippen molar-refractivity contribution in [1.29, 1.82) is 0 Å². The Hall–Kier alpha value is -2.29. The van der Waals surface area contributed by atoms with Gasteiger partial charge in [-0.3, -0.25) is 4.79 Å². The third-order valence-electron chi connectivity index (χ3n) is 4.63. The van der Waals surface area contributed by atoms with Gasteiger partial charge in [-0.05, 0) is 55.2 Å². The number of methoxy groups -OCH3 is 1. The molecule has 1 fully saturated rings. The first-order valence-electron chi connectivity index (χ1n) is 8.22. The number of ether oxygens (including phenoxy) is 1. The molecule has 3 heteroatoms. The van der Waals surface area contributed by atoms with Crippen LogP contribution in [0.5, 0.6) is 5.75 Å². The number of anilines is 1. The molecule has 2 aromatic carbocycles. The van der Waals surface area contributed by atoms with E-state index in [1.165, 1.54) is 12.8 Å². The topological polar surface area (TPSA) is 29.5 Å². The summed E-state index contributed by atoms with van der Waals surface area (Å²) in [6.07, 6.45) is 2.37. The molecule has 1 aliphatic heterocycles. The van der Waals surface area contributed by atoms with Crippen LogP contribution in [0.3, 0.4) is 0 Å². The van der Waals surface area contributed by atoms with Gasteiger partial charge in [-0.2, -0.15) is 0 Å². The maximum Gasteiger partial charge on any atom is 0.195 e. The average Bonchev–Trinajstić information content (AvgIpc) is 2.62. The summed E-state index contributed by atoms with van der Waals surface area (Å²) < 4.78 is 5.16. The highest BCUT2D eigenvalue weighted by molar-refractivity contribution is 6.12. The van der Waals surface area contributed by atoms with Crippen molar-refractivity contribution in [2.45, 2.75) is 19.8 Å². The smallest absolute Gasteiger partial charge is 0.195 e. The van der Waals surface area contributed by atoms with E-state index < -0.39 is 0 Å². The first kappa shape index (κ1) is 15.6. The number of carbonyl (C=O) groups is 1. The lowest BCUT2D eigenvalue weighted by Gasteiger charge is -2.33. The fourth-order valence-corrected chi connectivity index (χ4v) is 3.09. The number of rotatable bonds is 4. The Labute approximate surface area is 137 Å². The molecule has 0 radical (unpaired) electrons. The van der Waals surface area contributed by atoms with Gasteiger partial charge >= 0.3 is 0 Å². The van der Waals surface area contributed by atoms with E-state index in [0.717, 1.165) is 36.0 Å². The van der Waals surface area contributed by atoms with Gasteiger partial charge in [0.15, 0.2) is 5.78 Å². The minimum atomic E-state index is 0.0712. The normalized spacial score (nSPS) is 15.5. The summed E-state index contributed by atoms with van der Waals surface area (Å²) >= 11 is 0. The van der Waals surface area contributed by atoms with Crippen LogP contribution in [-0.2, 0) is 0 Å². The molecule has 0 aliphatic carbocycles. The van der Waals surface area contributed by atoms with Crippen LogP contribution in [0.1, 0.15) is 35.7 Å². The molecule has 0 aromatic heterocycles. The summed E-state index contributed by atoms with van der Waals surface area (Å²) in [5.74, 6) is 1.61. The maximum absolute atomic E-state index is 12.9. The molecule has 3 rings (SSSR count). The Bertz CT molecular complexity index is 670. The largest absolute Gasteiger partial charge is 0.497 e. The second-order valence-electron chi connectivity index (χ2n) is 6.24. The number of carbonyl (C=O) groups excluding carboxylic acids is 1. The van der Waals surface area contributed by atoms with Crippen molar-refractivity contribution < 1.29 is 9.53 Å². The Morgan fingerprint density at radius 2 is 1.70 bits per heavy atom. The third kappa shape index (κ3) is 3.39. The van der Waals surface area contributed by atoms with Crippen molar-refractivity contribution in [3.05, 3.63) is 59.7 Å². The molecule has 1 aliphatic rings. The molecule has 0 amide bonds. The molecular weight excluding hydrogens is 286 g/mol. The van der Waals surface area contributed by atoms with Crippen LogP contribution in [0.15, 0.2) is 48.5 Å². The lowest BCUT2D eigenvalue weighted by Crippen LogP contribution is -2.33. The number of nitrogens with zero attached hydrogens (tertiary/aromatic N) is 1. The monoisotopic (exact) mass is 309 g/mol. The maximum atomic E-state index is 12.9. The van der Waals surface area contributed by atoms with Crippen LogP contribution in [0.4, 0.5) is 5.69 Å². The first-order valence-corrected chi connectivity index (χ1v) is 8.22. The molecule has 2 aromatic rings.